The van der Waals surface area contributed by atoms with Crippen LogP contribution in [0.4, 0.5) is 0 Å². The van der Waals surface area contributed by atoms with E-state index in [9.17, 15) is 9.90 Å². The lowest BCUT2D eigenvalue weighted by Gasteiger charge is -2.13. The lowest BCUT2D eigenvalue weighted by molar-refractivity contribution is 0.0994. The Morgan fingerprint density at radius 2 is 1.90 bits per heavy atom. The van der Waals surface area contributed by atoms with Crippen molar-refractivity contribution in [3.8, 4) is 5.75 Å². The summed E-state index contributed by atoms with van der Waals surface area (Å²) < 4.78 is 5.62. The van der Waals surface area contributed by atoms with Gasteiger partial charge in [-0.2, -0.15) is 0 Å². The summed E-state index contributed by atoms with van der Waals surface area (Å²) in [5.41, 5.74) is 2.69. The van der Waals surface area contributed by atoms with E-state index >= 15 is 0 Å². The third-order valence-corrected chi connectivity index (χ3v) is 3.59. The molecular formula is C17H16O3. The maximum Gasteiger partial charge on any atom is 0.163 e. The largest absolute Gasteiger partial charge is 0.491 e. The Kier molecular flexibility index (Phi) is 3.52. The van der Waals surface area contributed by atoms with E-state index < -0.39 is 6.10 Å². The van der Waals surface area contributed by atoms with E-state index in [2.05, 4.69) is 0 Å². The second-order valence-electron chi connectivity index (χ2n) is 4.98. The van der Waals surface area contributed by atoms with E-state index in [4.69, 9.17) is 4.74 Å². The predicted molar refractivity (Wildman–Crippen MR) is 76.0 cm³/mol. The first-order chi connectivity index (χ1) is 9.74. The zero-order valence-electron chi connectivity index (χ0n) is 11.1. The second-order valence-corrected chi connectivity index (χ2v) is 4.98. The molecule has 1 N–H and O–H groups in total. The number of ketones is 1. The van der Waals surface area contributed by atoms with E-state index in [-0.39, 0.29) is 12.4 Å². The van der Waals surface area contributed by atoms with Crippen LogP contribution in [0.15, 0.2) is 48.5 Å². The Bertz CT molecular complexity index is 619. The van der Waals surface area contributed by atoms with Gasteiger partial charge in [-0.25, -0.2) is 0 Å². The van der Waals surface area contributed by atoms with Gasteiger partial charge >= 0.3 is 0 Å². The van der Waals surface area contributed by atoms with Crippen molar-refractivity contribution in [1.82, 2.24) is 0 Å². The highest BCUT2D eigenvalue weighted by Gasteiger charge is 2.19. The SMILES string of the molecule is O=C1CCc2cc(OC[C@@H](O)c3ccccc3)ccc21. The van der Waals surface area contributed by atoms with Gasteiger partial charge < -0.3 is 9.84 Å². The summed E-state index contributed by atoms with van der Waals surface area (Å²) in [7, 11) is 0. The van der Waals surface area contributed by atoms with Crippen LogP contribution in [0, 0.1) is 0 Å². The molecule has 0 fully saturated rings. The highest BCUT2D eigenvalue weighted by atomic mass is 16.5. The number of fused-ring (bicyclic) bond motifs is 1. The first kappa shape index (κ1) is 12.9. The van der Waals surface area contributed by atoms with E-state index in [0.717, 1.165) is 23.1 Å². The third-order valence-electron chi connectivity index (χ3n) is 3.59. The molecule has 0 radical (unpaired) electrons. The van der Waals surface area contributed by atoms with Crippen molar-refractivity contribution in [2.45, 2.75) is 18.9 Å². The van der Waals surface area contributed by atoms with Gasteiger partial charge in [0.05, 0.1) is 0 Å². The summed E-state index contributed by atoms with van der Waals surface area (Å²) in [6.45, 7) is 0.205. The molecule has 0 saturated heterocycles. The number of ether oxygens (including phenoxy) is 1. The van der Waals surface area contributed by atoms with Crippen molar-refractivity contribution in [2.24, 2.45) is 0 Å². The molecule has 0 aromatic heterocycles. The normalized spacial score (nSPS) is 14.9. The monoisotopic (exact) mass is 268 g/mol. The molecule has 1 aliphatic rings. The van der Waals surface area contributed by atoms with Gasteiger partial charge in [0.2, 0.25) is 0 Å². The van der Waals surface area contributed by atoms with Crippen LogP contribution in [0.5, 0.6) is 5.75 Å². The molecule has 0 aliphatic heterocycles. The molecule has 3 heteroatoms. The predicted octanol–water partition coefficient (Wildman–Crippen LogP) is 2.93. The van der Waals surface area contributed by atoms with Crippen molar-refractivity contribution in [3.05, 3.63) is 65.2 Å². The van der Waals surface area contributed by atoms with Crippen molar-refractivity contribution in [2.75, 3.05) is 6.61 Å². The molecule has 0 heterocycles. The van der Waals surface area contributed by atoms with Crippen LogP contribution < -0.4 is 4.74 Å². The first-order valence-electron chi connectivity index (χ1n) is 6.76. The summed E-state index contributed by atoms with van der Waals surface area (Å²) >= 11 is 0. The van der Waals surface area contributed by atoms with Crippen LogP contribution in [0.3, 0.4) is 0 Å². The number of aryl methyl sites for hydroxylation is 1. The molecule has 20 heavy (non-hydrogen) atoms. The Balaban J connectivity index is 1.66. The molecule has 2 aromatic carbocycles. The maximum absolute atomic E-state index is 11.5. The van der Waals surface area contributed by atoms with Crippen molar-refractivity contribution >= 4 is 5.78 Å². The van der Waals surface area contributed by atoms with Gasteiger partial charge in [0, 0.05) is 12.0 Å². The van der Waals surface area contributed by atoms with Gasteiger partial charge in [-0.15, -0.1) is 0 Å². The Hall–Kier alpha value is -2.13. The number of rotatable bonds is 4. The van der Waals surface area contributed by atoms with Crippen molar-refractivity contribution in [1.29, 1.82) is 0 Å². The van der Waals surface area contributed by atoms with E-state index in [1.54, 1.807) is 6.07 Å². The molecule has 0 bridgehead atoms. The highest BCUT2D eigenvalue weighted by Crippen LogP contribution is 2.26. The van der Waals surface area contributed by atoms with Gasteiger partial charge in [-0.05, 0) is 35.7 Å². The van der Waals surface area contributed by atoms with E-state index in [1.165, 1.54) is 0 Å². The fourth-order valence-electron chi connectivity index (χ4n) is 2.47. The van der Waals surface area contributed by atoms with Crippen LogP contribution in [0.1, 0.15) is 34.0 Å². The molecule has 0 unspecified atom stereocenters. The fourth-order valence-corrected chi connectivity index (χ4v) is 2.47. The first-order valence-corrected chi connectivity index (χ1v) is 6.76. The summed E-state index contributed by atoms with van der Waals surface area (Å²) in [5.74, 6) is 0.907. The third kappa shape index (κ3) is 2.58. The van der Waals surface area contributed by atoms with Gasteiger partial charge in [0.25, 0.3) is 0 Å². The van der Waals surface area contributed by atoms with E-state index in [1.807, 2.05) is 42.5 Å². The minimum absolute atomic E-state index is 0.205. The summed E-state index contributed by atoms with van der Waals surface area (Å²) in [4.78, 5) is 11.5. The Morgan fingerprint density at radius 1 is 1.10 bits per heavy atom. The minimum Gasteiger partial charge on any atom is -0.491 e. The smallest absolute Gasteiger partial charge is 0.163 e. The molecule has 1 atom stereocenters. The maximum atomic E-state index is 11.5. The minimum atomic E-state index is -0.647. The molecule has 102 valence electrons. The zero-order valence-corrected chi connectivity index (χ0v) is 11.1. The standard InChI is InChI=1S/C17H16O3/c18-16-9-6-13-10-14(7-8-15(13)16)20-11-17(19)12-4-2-1-3-5-12/h1-5,7-8,10,17,19H,6,9,11H2/t17-/m1/s1. The average molecular weight is 268 g/mol. The molecular weight excluding hydrogens is 252 g/mol. The highest BCUT2D eigenvalue weighted by molar-refractivity contribution is 6.00. The number of benzene rings is 2. The topological polar surface area (TPSA) is 46.5 Å². The summed E-state index contributed by atoms with van der Waals surface area (Å²) in [6, 6.07) is 14.9. The molecule has 2 aromatic rings. The van der Waals surface area contributed by atoms with Gasteiger partial charge in [-0.3, -0.25) is 4.79 Å². The Labute approximate surface area is 117 Å². The van der Waals surface area contributed by atoms with Crippen molar-refractivity contribution < 1.29 is 14.6 Å². The molecule has 0 amide bonds. The Morgan fingerprint density at radius 3 is 2.70 bits per heavy atom. The quantitative estimate of drug-likeness (QED) is 0.927. The van der Waals surface area contributed by atoms with Gasteiger partial charge in [0.15, 0.2) is 5.78 Å². The molecule has 3 rings (SSSR count). The summed E-state index contributed by atoms with van der Waals surface area (Å²) in [6.07, 6.45) is 0.726. The average Bonchev–Trinajstić information content (AvgIpc) is 2.87. The second kappa shape index (κ2) is 5.47. The van der Waals surface area contributed by atoms with Crippen LogP contribution in [-0.2, 0) is 6.42 Å². The van der Waals surface area contributed by atoms with Gasteiger partial charge in [-0.1, -0.05) is 30.3 Å². The number of carbonyl (C=O) groups excluding carboxylic acids is 1. The molecule has 0 saturated carbocycles. The lowest BCUT2D eigenvalue weighted by Crippen LogP contribution is -2.09. The van der Waals surface area contributed by atoms with Crippen LogP contribution in [-0.4, -0.2) is 17.5 Å². The molecule has 1 aliphatic carbocycles. The number of hydrogen-bond donors (Lipinski definition) is 1. The summed E-state index contributed by atoms with van der Waals surface area (Å²) in [5, 5.41) is 10.0. The number of Topliss-reactive ketones (excluding diaryl/α,β-unsaturated/α-hetero) is 1. The van der Waals surface area contributed by atoms with Crippen LogP contribution >= 0.6 is 0 Å². The molecule has 0 spiro atoms. The number of carbonyl (C=O) groups is 1. The fraction of sp³-hybridized carbons (Fsp3) is 0.235. The number of hydrogen-bond acceptors (Lipinski definition) is 3. The van der Waals surface area contributed by atoms with Gasteiger partial charge in [0.1, 0.15) is 18.5 Å². The van der Waals surface area contributed by atoms with Crippen LogP contribution in [0.25, 0.3) is 0 Å². The molecule has 3 nitrogen and oxygen atoms in total. The van der Waals surface area contributed by atoms with Crippen molar-refractivity contribution in [3.63, 3.8) is 0 Å². The van der Waals surface area contributed by atoms with Crippen LogP contribution in [0.2, 0.25) is 0 Å². The zero-order chi connectivity index (χ0) is 13.9. The number of aliphatic hydroxyl groups excluding tert-OH is 1. The number of aliphatic hydroxyl groups is 1. The van der Waals surface area contributed by atoms with E-state index in [0.29, 0.717) is 12.2 Å². The lowest BCUT2D eigenvalue weighted by atomic mass is 10.1.